The molecule has 12 nitrogen and oxygen atoms in total. The van der Waals surface area contributed by atoms with Gasteiger partial charge < -0.3 is 20.5 Å². The van der Waals surface area contributed by atoms with Crippen molar-refractivity contribution < 1.29 is 9.85 Å². The second-order valence-corrected chi connectivity index (χ2v) is 11.4. The Bertz CT molecular complexity index is 2200. The van der Waals surface area contributed by atoms with Crippen LogP contribution in [0.15, 0.2) is 77.6 Å². The summed E-state index contributed by atoms with van der Waals surface area (Å²) in [4.78, 5) is 46.2. The zero-order valence-corrected chi connectivity index (χ0v) is 25.5. The van der Waals surface area contributed by atoms with Crippen molar-refractivity contribution >= 4 is 66.4 Å². The quantitative estimate of drug-likeness (QED) is 0.0583. The molecule has 0 bridgehead atoms. The highest BCUT2D eigenvalue weighted by Gasteiger charge is 2.21. The fourth-order valence-corrected chi connectivity index (χ4v) is 6.01. The minimum atomic E-state index is -0.484. The number of aryl methyl sites for hydroxylation is 1. The van der Waals surface area contributed by atoms with Gasteiger partial charge in [0.1, 0.15) is 10.9 Å². The number of aromatic amines is 1. The lowest BCUT2D eigenvalue weighted by atomic mass is 10.0. The molecule has 0 aliphatic heterocycles. The highest BCUT2D eigenvalue weighted by molar-refractivity contribution is 6.12. The van der Waals surface area contributed by atoms with E-state index < -0.39 is 4.92 Å². The normalized spacial score (nSPS) is 11.5. The first kappa shape index (κ1) is 30.4. The van der Waals surface area contributed by atoms with Crippen molar-refractivity contribution in [3.63, 3.8) is 0 Å². The van der Waals surface area contributed by atoms with Crippen LogP contribution in [0.5, 0.6) is 0 Å². The van der Waals surface area contributed by atoms with Gasteiger partial charge in [0.25, 0.3) is 11.4 Å². The molecule has 0 atom stereocenters. The van der Waals surface area contributed by atoms with Crippen molar-refractivity contribution in [1.82, 2.24) is 14.9 Å². The van der Waals surface area contributed by atoms with Crippen LogP contribution in [-0.2, 0) is 0 Å². The molecule has 234 valence electrons. The molecule has 2 heterocycles. The Kier molecular flexibility index (Phi) is 8.45. The minimum Gasteiger partial charge on any atom is -0.384 e. The van der Waals surface area contributed by atoms with Gasteiger partial charge in [0.05, 0.1) is 32.0 Å². The van der Waals surface area contributed by atoms with E-state index in [9.17, 15) is 25.0 Å². The van der Waals surface area contributed by atoms with Crippen LogP contribution in [0.4, 0.5) is 22.7 Å². The number of aromatic nitrogens is 2. The van der Waals surface area contributed by atoms with Gasteiger partial charge in [0.2, 0.25) is 0 Å². The summed E-state index contributed by atoms with van der Waals surface area (Å²) in [5.41, 5.74) is 3.95. The van der Waals surface area contributed by atoms with Crippen molar-refractivity contribution in [2.75, 3.05) is 43.9 Å². The van der Waals surface area contributed by atoms with Crippen LogP contribution in [0.1, 0.15) is 18.4 Å². The summed E-state index contributed by atoms with van der Waals surface area (Å²) in [6.07, 6.45) is 1.58. The third-order valence-electron chi connectivity index (χ3n) is 8.30. The molecule has 2 aromatic heterocycles. The maximum Gasteiger partial charge on any atom is 0.293 e. The minimum absolute atomic E-state index is 0.0296. The fourth-order valence-electron chi connectivity index (χ4n) is 6.01. The molecule has 0 unspecified atom stereocenters. The predicted molar refractivity (Wildman–Crippen MR) is 183 cm³/mol. The summed E-state index contributed by atoms with van der Waals surface area (Å²) in [7, 11) is 2.03. The zero-order chi connectivity index (χ0) is 32.4. The maximum atomic E-state index is 13.4. The number of nitro groups is 2. The first-order valence-corrected chi connectivity index (χ1v) is 15.1. The molecule has 3 N–H and O–H groups in total. The van der Waals surface area contributed by atoms with Crippen LogP contribution in [0.2, 0.25) is 0 Å². The molecule has 0 fully saturated rings. The molecule has 0 saturated carbocycles. The van der Waals surface area contributed by atoms with Crippen molar-refractivity contribution in [3.05, 3.63) is 109 Å². The Morgan fingerprint density at radius 3 is 2.20 bits per heavy atom. The van der Waals surface area contributed by atoms with Gasteiger partial charge in [-0.2, -0.15) is 0 Å². The summed E-state index contributed by atoms with van der Waals surface area (Å²) in [6, 6.07) is 20.9. The average Bonchev–Trinajstić information content (AvgIpc) is 3.04. The lowest BCUT2D eigenvalue weighted by Crippen LogP contribution is -2.24. The van der Waals surface area contributed by atoms with Crippen LogP contribution in [0.3, 0.4) is 0 Å². The molecule has 0 radical (unpaired) electrons. The number of hydrogen-bond acceptors (Lipinski definition) is 9. The molecular weight excluding hydrogens is 586 g/mol. The van der Waals surface area contributed by atoms with Gasteiger partial charge in [-0.25, -0.2) is 4.98 Å². The highest BCUT2D eigenvalue weighted by Crippen LogP contribution is 2.38. The van der Waals surface area contributed by atoms with Gasteiger partial charge in [-0.3, -0.25) is 25.0 Å². The maximum absolute atomic E-state index is 13.4. The summed E-state index contributed by atoms with van der Waals surface area (Å²) in [5, 5.41) is 32.5. The Balaban J connectivity index is 1.09. The Morgan fingerprint density at radius 1 is 0.804 bits per heavy atom. The second-order valence-electron chi connectivity index (χ2n) is 11.4. The molecular formula is C34H33N7O5. The van der Waals surface area contributed by atoms with Crippen LogP contribution < -0.4 is 16.1 Å². The number of anilines is 2. The summed E-state index contributed by atoms with van der Waals surface area (Å²) in [5.74, 6) is 0. The van der Waals surface area contributed by atoms with Gasteiger partial charge in [-0.05, 0) is 69.7 Å². The lowest BCUT2D eigenvalue weighted by Gasteiger charge is -2.18. The number of benzene rings is 4. The molecule has 4 aromatic carbocycles. The van der Waals surface area contributed by atoms with E-state index in [1.165, 1.54) is 6.07 Å². The second kappa shape index (κ2) is 12.8. The van der Waals surface area contributed by atoms with Gasteiger partial charge in [0.15, 0.2) is 5.43 Å². The van der Waals surface area contributed by atoms with Gasteiger partial charge >= 0.3 is 0 Å². The third kappa shape index (κ3) is 5.77. The standard InChI is InChI=1S/C34H33N7O5/c1-21-13-15-27(40(43)44)30-31(21)37-24-11-5-3-9-22(24)32(30)36-18-8-20-39(2)19-7-17-35-26-14-16-28(41(45)46)33-29(26)34(42)23-10-4-6-12-25(23)38-33/h3-6,9-16,35H,7-8,17-20H2,1-2H3,(H,36,37)(H,38,42). The van der Waals surface area contributed by atoms with Crippen molar-refractivity contribution in [2.45, 2.75) is 19.8 Å². The Labute approximate surface area is 263 Å². The van der Waals surface area contributed by atoms with Gasteiger partial charge in [-0.1, -0.05) is 36.4 Å². The van der Waals surface area contributed by atoms with Gasteiger partial charge in [-0.15, -0.1) is 0 Å². The Morgan fingerprint density at radius 2 is 1.46 bits per heavy atom. The number of nitro benzene ring substituents is 2. The van der Waals surface area contributed by atoms with E-state index in [1.54, 1.807) is 42.5 Å². The van der Waals surface area contributed by atoms with Crippen LogP contribution >= 0.6 is 0 Å². The molecule has 0 aliphatic rings. The largest absolute Gasteiger partial charge is 0.384 e. The number of para-hydroxylation sites is 2. The number of pyridine rings is 2. The molecule has 46 heavy (non-hydrogen) atoms. The first-order valence-electron chi connectivity index (χ1n) is 15.1. The number of nitrogens with one attached hydrogen (secondary N) is 3. The van der Waals surface area contributed by atoms with E-state index in [0.717, 1.165) is 48.1 Å². The van der Waals surface area contributed by atoms with E-state index in [0.29, 0.717) is 40.6 Å². The Hall–Kier alpha value is -5.62. The summed E-state index contributed by atoms with van der Waals surface area (Å²) in [6.45, 7) is 4.66. The monoisotopic (exact) mass is 619 g/mol. The molecule has 6 aromatic rings. The zero-order valence-electron chi connectivity index (χ0n) is 25.5. The van der Waals surface area contributed by atoms with Crippen LogP contribution in [0.25, 0.3) is 43.6 Å². The van der Waals surface area contributed by atoms with Gasteiger partial charge in [0, 0.05) is 47.2 Å². The van der Waals surface area contributed by atoms with Crippen molar-refractivity contribution in [2.24, 2.45) is 0 Å². The highest BCUT2D eigenvalue weighted by atomic mass is 16.6. The van der Waals surface area contributed by atoms with Crippen LogP contribution in [0, 0.1) is 27.2 Å². The average molecular weight is 620 g/mol. The molecule has 0 aliphatic carbocycles. The predicted octanol–water partition coefficient (Wildman–Crippen LogP) is 6.74. The van der Waals surface area contributed by atoms with E-state index in [4.69, 9.17) is 4.98 Å². The lowest BCUT2D eigenvalue weighted by molar-refractivity contribution is -0.383. The van der Waals surface area contributed by atoms with Crippen molar-refractivity contribution in [1.29, 1.82) is 0 Å². The summed E-state index contributed by atoms with van der Waals surface area (Å²) < 4.78 is 0. The first-order chi connectivity index (χ1) is 22.2. The van der Waals surface area contributed by atoms with E-state index in [-0.39, 0.29) is 32.6 Å². The molecule has 0 saturated heterocycles. The van der Waals surface area contributed by atoms with E-state index in [1.807, 2.05) is 38.2 Å². The van der Waals surface area contributed by atoms with Crippen LogP contribution in [-0.4, -0.2) is 57.9 Å². The number of H-pyrrole nitrogens is 1. The fraction of sp³-hybridized carbons (Fsp3) is 0.235. The molecule has 0 amide bonds. The van der Waals surface area contributed by atoms with E-state index in [2.05, 4.69) is 20.5 Å². The molecule has 12 heteroatoms. The van der Waals surface area contributed by atoms with E-state index >= 15 is 0 Å². The SMILES string of the molecule is Cc1ccc([N+](=O)[O-])c2c(NCCCN(C)CCCNc3ccc([N+](=O)[O-])c4[nH]c5ccccc5c(=O)c34)c3ccccc3nc12. The topological polar surface area (TPSA) is 159 Å². The number of nitrogens with zero attached hydrogens (tertiary/aromatic N) is 4. The van der Waals surface area contributed by atoms with Crippen molar-refractivity contribution in [3.8, 4) is 0 Å². The number of non-ortho nitro benzene ring substituents is 2. The molecule has 0 spiro atoms. The summed E-state index contributed by atoms with van der Waals surface area (Å²) >= 11 is 0. The smallest absolute Gasteiger partial charge is 0.293 e. The number of fused-ring (bicyclic) bond motifs is 4. The molecule has 6 rings (SSSR count). The number of rotatable bonds is 12. The third-order valence-corrected chi connectivity index (χ3v) is 8.30. The number of hydrogen-bond donors (Lipinski definition) is 3.